The van der Waals surface area contributed by atoms with Gasteiger partial charge >= 0.3 is 5.97 Å². The van der Waals surface area contributed by atoms with Crippen LogP contribution >= 0.6 is 0 Å². The van der Waals surface area contributed by atoms with Gasteiger partial charge in [0.1, 0.15) is 5.69 Å². The largest absolute Gasteiger partial charge is 0.465 e. The second kappa shape index (κ2) is 5.92. The zero-order valence-electron chi connectivity index (χ0n) is 13.4. The molecule has 1 aromatic heterocycles. The first-order valence-corrected chi connectivity index (χ1v) is 7.41. The molecule has 1 aliphatic heterocycles. The van der Waals surface area contributed by atoms with Crippen molar-refractivity contribution in [2.75, 3.05) is 20.2 Å². The highest BCUT2D eigenvalue weighted by atomic mass is 16.5. The molecular formula is C16H24N2O3. The van der Waals surface area contributed by atoms with Crippen molar-refractivity contribution in [2.24, 2.45) is 11.8 Å². The first kappa shape index (κ1) is 15.6. The number of amides is 1. The first-order chi connectivity index (χ1) is 9.85. The number of esters is 1. The van der Waals surface area contributed by atoms with Gasteiger partial charge < -0.3 is 14.6 Å². The Kier molecular flexibility index (Phi) is 4.40. The molecule has 0 radical (unpaired) electrons. The number of nitrogens with zero attached hydrogens (tertiary/aromatic N) is 1. The summed E-state index contributed by atoms with van der Waals surface area (Å²) in [6.07, 6.45) is 1.15. The summed E-state index contributed by atoms with van der Waals surface area (Å²) in [4.78, 5) is 29.5. The van der Waals surface area contributed by atoms with Crippen molar-refractivity contribution in [1.29, 1.82) is 0 Å². The second-order valence-corrected chi connectivity index (χ2v) is 6.27. The van der Waals surface area contributed by atoms with Crippen molar-refractivity contribution < 1.29 is 14.3 Å². The van der Waals surface area contributed by atoms with Gasteiger partial charge in [0.05, 0.1) is 12.7 Å². The second-order valence-electron chi connectivity index (χ2n) is 6.27. The summed E-state index contributed by atoms with van der Waals surface area (Å²) in [5.74, 6) is 0.591. The van der Waals surface area contributed by atoms with Gasteiger partial charge in [-0.1, -0.05) is 13.8 Å². The van der Waals surface area contributed by atoms with Crippen LogP contribution in [-0.4, -0.2) is 42.0 Å². The lowest BCUT2D eigenvalue weighted by atomic mass is 9.91. The van der Waals surface area contributed by atoms with E-state index in [0.717, 1.165) is 19.5 Å². The van der Waals surface area contributed by atoms with Crippen LogP contribution < -0.4 is 0 Å². The minimum Gasteiger partial charge on any atom is -0.465 e. The maximum absolute atomic E-state index is 12.7. The van der Waals surface area contributed by atoms with Gasteiger partial charge in [0.2, 0.25) is 0 Å². The van der Waals surface area contributed by atoms with Gasteiger partial charge in [-0.05, 0) is 37.7 Å². The summed E-state index contributed by atoms with van der Waals surface area (Å²) in [7, 11) is 1.35. The monoisotopic (exact) mass is 292 g/mol. The molecule has 2 unspecified atom stereocenters. The molecule has 0 aliphatic carbocycles. The van der Waals surface area contributed by atoms with E-state index in [4.69, 9.17) is 4.74 Å². The molecule has 5 nitrogen and oxygen atoms in total. The molecule has 1 N–H and O–H groups in total. The quantitative estimate of drug-likeness (QED) is 0.852. The summed E-state index contributed by atoms with van der Waals surface area (Å²) >= 11 is 0. The molecule has 0 saturated carbocycles. The molecular weight excluding hydrogens is 268 g/mol. The van der Waals surface area contributed by atoms with E-state index in [9.17, 15) is 9.59 Å². The normalized spacial score (nSPS) is 22.2. The molecule has 2 atom stereocenters. The van der Waals surface area contributed by atoms with Crippen LogP contribution in [0.25, 0.3) is 0 Å². The molecule has 0 spiro atoms. The maximum Gasteiger partial charge on any atom is 0.339 e. The Balaban J connectivity index is 2.30. The Morgan fingerprint density at radius 3 is 2.29 bits per heavy atom. The standard InChI is InChI=1S/C16H24N2O3/c1-9-6-10(2)8-18(7-9)15(19)14-11(3)13(12(4)17-14)16(20)21-5/h9-10,17H,6-8H2,1-5H3. The highest BCUT2D eigenvalue weighted by Gasteiger charge is 2.30. The Morgan fingerprint density at radius 1 is 1.19 bits per heavy atom. The highest BCUT2D eigenvalue weighted by molar-refractivity contribution is 6.00. The molecule has 1 aliphatic rings. The van der Waals surface area contributed by atoms with E-state index in [2.05, 4.69) is 18.8 Å². The summed E-state index contributed by atoms with van der Waals surface area (Å²) < 4.78 is 4.79. The number of ether oxygens (including phenoxy) is 1. The van der Waals surface area contributed by atoms with Crippen molar-refractivity contribution in [3.63, 3.8) is 0 Å². The number of methoxy groups -OCH3 is 1. The van der Waals surface area contributed by atoms with Crippen LogP contribution in [0, 0.1) is 25.7 Å². The van der Waals surface area contributed by atoms with Crippen LogP contribution in [-0.2, 0) is 4.74 Å². The van der Waals surface area contributed by atoms with Crippen LogP contribution in [0.5, 0.6) is 0 Å². The first-order valence-electron chi connectivity index (χ1n) is 7.41. The minimum absolute atomic E-state index is 0.0239. The van der Waals surface area contributed by atoms with Gasteiger partial charge in [-0.25, -0.2) is 4.79 Å². The zero-order chi connectivity index (χ0) is 15.7. The number of carbonyl (C=O) groups is 2. The van der Waals surface area contributed by atoms with Crippen LogP contribution in [0.1, 0.15) is 52.4 Å². The lowest BCUT2D eigenvalue weighted by molar-refractivity contribution is 0.0599. The van der Waals surface area contributed by atoms with Crippen LogP contribution in [0.4, 0.5) is 0 Å². The topological polar surface area (TPSA) is 62.4 Å². The van der Waals surface area contributed by atoms with Gasteiger partial charge in [-0.15, -0.1) is 0 Å². The van der Waals surface area contributed by atoms with E-state index in [1.165, 1.54) is 7.11 Å². The Hall–Kier alpha value is -1.78. The van der Waals surface area contributed by atoms with E-state index in [1.54, 1.807) is 13.8 Å². The molecule has 5 heteroatoms. The molecule has 21 heavy (non-hydrogen) atoms. The fraction of sp³-hybridized carbons (Fsp3) is 0.625. The molecule has 116 valence electrons. The predicted octanol–water partition coefficient (Wildman–Crippen LogP) is 2.54. The Morgan fingerprint density at radius 2 is 1.76 bits per heavy atom. The van der Waals surface area contributed by atoms with Gasteiger partial charge in [-0.2, -0.15) is 0 Å². The molecule has 1 amide bonds. The number of rotatable bonds is 2. The van der Waals surface area contributed by atoms with Crippen molar-refractivity contribution in [1.82, 2.24) is 9.88 Å². The van der Waals surface area contributed by atoms with Crippen molar-refractivity contribution in [2.45, 2.75) is 34.1 Å². The number of aromatic amines is 1. The van der Waals surface area contributed by atoms with E-state index < -0.39 is 5.97 Å². The van der Waals surface area contributed by atoms with Crippen molar-refractivity contribution in [3.05, 3.63) is 22.5 Å². The number of aryl methyl sites for hydroxylation is 1. The number of carbonyl (C=O) groups excluding carboxylic acids is 2. The van der Waals surface area contributed by atoms with Crippen LogP contribution in [0.3, 0.4) is 0 Å². The number of nitrogens with one attached hydrogen (secondary N) is 1. The summed E-state index contributed by atoms with van der Waals surface area (Å²) in [6.45, 7) is 9.46. The number of H-pyrrole nitrogens is 1. The van der Waals surface area contributed by atoms with Crippen LogP contribution in [0.15, 0.2) is 0 Å². The molecule has 0 bridgehead atoms. The summed E-state index contributed by atoms with van der Waals surface area (Å²) in [5, 5.41) is 0. The molecule has 2 heterocycles. The van der Waals surface area contributed by atoms with E-state index in [0.29, 0.717) is 34.4 Å². The minimum atomic E-state index is -0.402. The predicted molar refractivity (Wildman–Crippen MR) is 80.5 cm³/mol. The third kappa shape index (κ3) is 2.96. The smallest absolute Gasteiger partial charge is 0.339 e. The third-order valence-corrected chi connectivity index (χ3v) is 4.20. The lowest BCUT2D eigenvalue weighted by Gasteiger charge is -2.34. The van der Waals surface area contributed by atoms with Crippen molar-refractivity contribution >= 4 is 11.9 Å². The summed E-state index contributed by atoms with van der Waals surface area (Å²) in [6, 6.07) is 0. The Labute approximate surface area is 125 Å². The summed E-state index contributed by atoms with van der Waals surface area (Å²) in [5.41, 5.74) is 2.34. The van der Waals surface area contributed by atoms with Crippen LogP contribution in [0.2, 0.25) is 0 Å². The highest BCUT2D eigenvalue weighted by Crippen LogP contribution is 2.25. The number of likely N-dealkylation sites (tertiary alicyclic amines) is 1. The van der Waals surface area contributed by atoms with Crippen molar-refractivity contribution in [3.8, 4) is 0 Å². The van der Waals surface area contributed by atoms with Gasteiger partial charge in [-0.3, -0.25) is 4.79 Å². The molecule has 1 aromatic rings. The molecule has 1 saturated heterocycles. The zero-order valence-corrected chi connectivity index (χ0v) is 13.4. The van der Waals surface area contributed by atoms with Gasteiger partial charge in [0.15, 0.2) is 0 Å². The maximum atomic E-state index is 12.7. The molecule has 0 aromatic carbocycles. The third-order valence-electron chi connectivity index (χ3n) is 4.20. The lowest BCUT2D eigenvalue weighted by Crippen LogP contribution is -2.42. The number of hydrogen-bond donors (Lipinski definition) is 1. The molecule has 1 fully saturated rings. The van der Waals surface area contributed by atoms with E-state index >= 15 is 0 Å². The number of piperidine rings is 1. The fourth-order valence-corrected chi connectivity index (χ4v) is 3.36. The Bertz CT molecular complexity index is 552. The van der Waals surface area contributed by atoms with E-state index in [-0.39, 0.29) is 5.91 Å². The average molecular weight is 292 g/mol. The van der Waals surface area contributed by atoms with E-state index in [1.807, 2.05) is 4.90 Å². The van der Waals surface area contributed by atoms with Gasteiger partial charge in [0, 0.05) is 18.8 Å². The fourth-order valence-electron chi connectivity index (χ4n) is 3.36. The number of aromatic nitrogens is 1. The van der Waals surface area contributed by atoms with Gasteiger partial charge in [0.25, 0.3) is 5.91 Å². The SMILES string of the molecule is COC(=O)c1c(C)[nH]c(C(=O)N2CC(C)CC(C)C2)c1C. The molecule has 2 rings (SSSR count). The average Bonchev–Trinajstić information content (AvgIpc) is 2.71. The number of hydrogen-bond acceptors (Lipinski definition) is 3.